The molecular formula is C16H21ClN2O. The lowest BCUT2D eigenvalue weighted by Gasteiger charge is -2.33. The molecule has 0 atom stereocenters. The van der Waals surface area contributed by atoms with Crippen molar-refractivity contribution in [2.45, 2.75) is 25.7 Å². The molecule has 0 aromatic heterocycles. The number of nitrogens with zero attached hydrogens (tertiary/aromatic N) is 1. The molecule has 1 aromatic rings. The molecule has 3 rings (SSSR count). The van der Waals surface area contributed by atoms with E-state index in [0.717, 1.165) is 51.0 Å². The van der Waals surface area contributed by atoms with Crippen molar-refractivity contribution < 1.29 is 4.79 Å². The molecule has 108 valence electrons. The Kier molecular flexibility index (Phi) is 5.21. The molecular weight excluding hydrogens is 272 g/mol. The van der Waals surface area contributed by atoms with Crippen LogP contribution in [-0.4, -0.2) is 30.4 Å². The van der Waals surface area contributed by atoms with Crippen LogP contribution in [0.15, 0.2) is 41.6 Å². The van der Waals surface area contributed by atoms with E-state index in [4.69, 9.17) is 0 Å². The van der Waals surface area contributed by atoms with E-state index in [2.05, 4.69) is 34.5 Å². The number of benzene rings is 1. The first-order chi connectivity index (χ1) is 9.33. The molecule has 1 aromatic carbocycles. The number of ketones is 1. The predicted molar refractivity (Wildman–Crippen MR) is 82.9 cm³/mol. The first-order valence-corrected chi connectivity index (χ1v) is 7.08. The Morgan fingerprint density at radius 1 is 1.15 bits per heavy atom. The molecule has 1 aliphatic heterocycles. The van der Waals surface area contributed by atoms with Crippen molar-refractivity contribution >= 4 is 18.2 Å². The average Bonchev–Trinajstić information content (AvgIpc) is 2.47. The highest BCUT2D eigenvalue weighted by Crippen LogP contribution is 2.23. The first-order valence-electron chi connectivity index (χ1n) is 7.08. The van der Waals surface area contributed by atoms with Crippen molar-refractivity contribution in [3.8, 4) is 0 Å². The summed E-state index contributed by atoms with van der Waals surface area (Å²) in [5.41, 5.74) is 3.59. The minimum absolute atomic E-state index is 0. The van der Waals surface area contributed by atoms with Crippen LogP contribution < -0.4 is 5.32 Å². The van der Waals surface area contributed by atoms with Crippen LogP contribution >= 0.6 is 12.4 Å². The molecule has 0 spiro atoms. The summed E-state index contributed by atoms with van der Waals surface area (Å²) in [5.74, 6) is 0.346. The molecule has 0 bridgehead atoms. The molecule has 0 unspecified atom stereocenters. The second-order valence-corrected chi connectivity index (χ2v) is 5.36. The van der Waals surface area contributed by atoms with Gasteiger partial charge < -0.3 is 5.32 Å². The van der Waals surface area contributed by atoms with Crippen LogP contribution in [0.3, 0.4) is 0 Å². The zero-order chi connectivity index (χ0) is 13.1. The SMILES string of the molecule is Cl.O=C1CCCC2=C1CN(CCc1ccccc1)CN2. The summed E-state index contributed by atoms with van der Waals surface area (Å²) in [6.45, 7) is 2.70. The van der Waals surface area contributed by atoms with Gasteiger partial charge in [-0.25, -0.2) is 0 Å². The lowest BCUT2D eigenvalue weighted by molar-refractivity contribution is -0.116. The number of Topliss-reactive ketones (excluding diaryl/α,β-unsaturated/α-hetero) is 1. The summed E-state index contributed by atoms with van der Waals surface area (Å²) in [6.07, 6.45) is 3.83. The van der Waals surface area contributed by atoms with Gasteiger partial charge in [0.05, 0.1) is 6.67 Å². The minimum Gasteiger partial charge on any atom is -0.375 e. The fourth-order valence-corrected chi connectivity index (χ4v) is 2.85. The van der Waals surface area contributed by atoms with E-state index in [1.807, 2.05) is 6.07 Å². The van der Waals surface area contributed by atoms with Crippen LogP contribution in [-0.2, 0) is 11.2 Å². The van der Waals surface area contributed by atoms with E-state index in [1.54, 1.807) is 0 Å². The number of hydrogen-bond donors (Lipinski definition) is 1. The maximum absolute atomic E-state index is 11.9. The second-order valence-electron chi connectivity index (χ2n) is 5.36. The summed E-state index contributed by atoms with van der Waals surface area (Å²) in [5, 5.41) is 3.42. The molecule has 0 saturated heterocycles. The smallest absolute Gasteiger partial charge is 0.161 e. The molecule has 0 fully saturated rings. The van der Waals surface area contributed by atoms with Crippen molar-refractivity contribution in [1.29, 1.82) is 0 Å². The summed E-state index contributed by atoms with van der Waals surface area (Å²) >= 11 is 0. The van der Waals surface area contributed by atoms with Gasteiger partial charge in [0, 0.05) is 30.8 Å². The van der Waals surface area contributed by atoms with E-state index in [1.165, 1.54) is 11.3 Å². The largest absolute Gasteiger partial charge is 0.375 e. The van der Waals surface area contributed by atoms with Crippen molar-refractivity contribution in [2.24, 2.45) is 0 Å². The Morgan fingerprint density at radius 3 is 2.75 bits per heavy atom. The Morgan fingerprint density at radius 2 is 1.95 bits per heavy atom. The Labute approximate surface area is 126 Å². The number of rotatable bonds is 3. The van der Waals surface area contributed by atoms with Crippen LogP contribution in [0.25, 0.3) is 0 Å². The molecule has 1 N–H and O–H groups in total. The number of carbonyl (C=O) groups is 1. The molecule has 20 heavy (non-hydrogen) atoms. The van der Waals surface area contributed by atoms with Crippen LogP contribution in [0.1, 0.15) is 24.8 Å². The number of allylic oxidation sites excluding steroid dienone is 1. The van der Waals surface area contributed by atoms with E-state index in [-0.39, 0.29) is 12.4 Å². The first kappa shape index (κ1) is 15.1. The average molecular weight is 293 g/mol. The van der Waals surface area contributed by atoms with Crippen molar-refractivity contribution in [3.05, 3.63) is 47.2 Å². The monoisotopic (exact) mass is 292 g/mol. The highest BCUT2D eigenvalue weighted by atomic mass is 35.5. The van der Waals surface area contributed by atoms with Crippen molar-refractivity contribution in [2.75, 3.05) is 19.8 Å². The van der Waals surface area contributed by atoms with E-state index >= 15 is 0 Å². The van der Waals surface area contributed by atoms with Gasteiger partial charge in [-0.3, -0.25) is 9.69 Å². The highest BCUT2D eigenvalue weighted by Gasteiger charge is 2.25. The molecule has 1 aliphatic carbocycles. The van der Waals surface area contributed by atoms with Gasteiger partial charge in [-0.1, -0.05) is 30.3 Å². The van der Waals surface area contributed by atoms with Crippen molar-refractivity contribution in [1.82, 2.24) is 10.2 Å². The van der Waals surface area contributed by atoms with Gasteiger partial charge in [-0.15, -0.1) is 12.4 Å². The fraction of sp³-hybridized carbons (Fsp3) is 0.438. The standard InChI is InChI=1S/C16H20N2O.ClH/c19-16-8-4-7-15-14(16)11-18(12-17-15)10-9-13-5-2-1-3-6-13;/h1-3,5-6,17H,4,7-12H2;1H. The third kappa shape index (κ3) is 3.41. The molecule has 3 nitrogen and oxygen atoms in total. The van der Waals surface area contributed by atoms with E-state index in [9.17, 15) is 4.79 Å². The van der Waals surface area contributed by atoms with Crippen LogP contribution in [0, 0.1) is 0 Å². The number of nitrogens with one attached hydrogen (secondary N) is 1. The summed E-state index contributed by atoms with van der Waals surface area (Å²) in [4.78, 5) is 14.3. The minimum atomic E-state index is 0. The van der Waals surface area contributed by atoms with Crippen LogP contribution in [0.5, 0.6) is 0 Å². The Balaban J connectivity index is 0.00000147. The molecule has 2 aliphatic rings. The number of hydrogen-bond acceptors (Lipinski definition) is 3. The summed E-state index contributed by atoms with van der Waals surface area (Å²) in [6, 6.07) is 10.5. The van der Waals surface area contributed by atoms with Crippen LogP contribution in [0.2, 0.25) is 0 Å². The Bertz CT molecular complexity index is 498. The topological polar surface area (TPSA) is 32.3 Å². The van der Waals surface area contributed by atoms with Crippen LogP contribution in [0.4, 0.5) is 0 Å². The molecule has 4 heteroatoms. The third-order valence-corrected chi connectivity index (χ3v) is 3.99. The maximum atomic E-state index is 11.9. The Hall–Kier alpha value is -1.32. The zero-order valence-corrected chi connectivity index (χ0v) is 12.4. The maximum Gasteiger partial charge on any atom is 0.161 e. The highest BCUT2D eigenvalue weighted by molar-refractivity contribution is 5.97. The number of carbonyl (C=O) groups excluding carboxylic acids is 1. The molecule has 0 amide bonds. The quantitative estimate of drug-likeness (QED) is 0.929. The van der Waals surface area contributed by atoms with E-state index < -0.39 is 0 Å². The number of halogens is 1. The molecule has 0 radical (unpaired) electrons. The van der Waals surface area contributed by atoms with Gasteiger partial charge in [0.15, 0.2) is 5.78 Å². The fourth-order valence-electron chi connectivity index (χ4n) is 2.85. The van der Waals surface area contributed by atoms with E-state index in [0.29, 0.717) is 5.78 Å². The zero-order valence-electron chi connectivity index (χ0n) is 11.6. The van der Waals surface area contributed by atoms with Gasteiger partial charge in [0.1, 0.15) is 0 Å². The van der Waals surface area contributed by atoms with Crippen molar-refractivity contribution in [3.63, 3.8) is 0 Å². The molecule has 0 saturated carbocycles. The van der Waals surface area contributed by atoms with Gasteiger partial charge >= 0.3 is 0 Å². The lowest BCUT2D eigenvalue weighted by atomic mass is 9.93. The van der Waals surface area contributed by atoms with Gasteiger partial charge in [-0.2, -0.15) is 0 Å². The second kappa shape index (κ2) is 6.91. The summed E-state index contributed by atoms with van der Waals surface area (Å²) in [7, 11) is 0. The normalized spacial score (nSPS) is 19.1. The van der Waals surface area contributed by atoms with Gasteiger partial charge in [0.2, 0.25) is 0 Å². The lowest BCUT2D eigenvalue weighted by Crippen LogP contribution is -2.44. The van der Waals surface area contributed by atoms with Gasteiger partial charge in [-0.05, 0) is 24.8 Å². The summed E-state index contributed by atoms with van der Waals surface area (Å²) < 4.78 is 0. The third-order valence-electron chi connectivity index (χ3n) is 3.99. The van der Waals surface area contributed by atoms with Gasteiger partial charge in [0.25, 0.3) is 0 Å². The molecule has 1 heterocycles. The predicted octanol–water partition coefficient (Wildman–Crippen LogP) is 2.52.